The first-order valence-electron chi connectivity index (χ1n) is 9.39. The van der Waals surface area contributed by atoms with Crippen LogP contribution in [0.5, 0.6) is 0 Å². The van der Waals surface area contributed by atoms with Crippen molar-refractivity contribution < 1.29 is 23.9 Å². The van der Waals surface area contributed by atoms with E-state index in [0.29, 0.717) is 0 Å². The van der Waals surface area contributed by atoms with Gasteiger partial charge < -0.3 is 19.8 Å². The highest BCUT2D eigenvalue weighted by Crippen LogP contribution is 2.19. The molecule has 0 saturated heterocycles. The first kappa shape index (κ1) is 20.9. The van der Waals surface area contributed by atoms with E-state index in [4.69, 9.17) is 9.47 Å². The van der Waals surface area contributed by atoms with Gasteiger partial charge in [-0.2, -0.15) is 0 Å². The Hall–Kier alpha value is -3.87. The van der Waals surface area contributed by atoms with Crippen LogP contribution in [0, 0.1) is 0 Å². The summed E-state index contributed by atoms with van der Waals surface area (Å²) >= 11 is 0. The molecule has 0 radical (unpaired) electrons. The molecule has 0 aliphatic heterocycles. The second kappa shape index (κ2) is 10.1. The van der Waals surface area contributed by atoms with Crippen LogP contribution in [0.3, 0.4) is 0 Å². The number of para-hydroxylation sites is 1. The van der Waals surface area contributed by atoms with E-state index in [-0.39, 0.29) is 6.42 Å². The number of hydrogen-bond acceptors (Lipinski definition) is 5. The summed E-state index contributed by atoms with van der Waals surface area (Å²) in [5.41, 5.74) is 2.63. The molecule has 30 heavy (non-hydrogen) atoms. The summed E-state index contributed by atoms with van der Waals surface area (Å²) in [5, 5.41) is 3.53. The van der Waals surface area contributed by atoms with Crippen molar-refractivity contribution in [3.05, 3.63) is 78.0 Å². The van der Waals surface area contributed by atoms with Crippen LogP contribution in [0.25, 0.3) is 17.0 Å². The smallest absolute Gasteiger partial charge is 0.331 e. The van der Waals surface area contributed by atoms with Crippen molar-refractivity contribution in [3.63, 3.8) is 0 Å². The van der Waals surface area contributed by atoms with Gasteiger partial charge in [-0.1, -0.05) is 48.5 Å². The standard InChI is InChI=1S/C23H22N2O5/c1-29-23(28)20(13-17-14-24-19-10-6-5-9-18(17)19)25-21(26)15-30-22(27)12-11-16-7-3-2-4-8-16/h2-12,14,20,24H,13,15H2,1H3,(H,25,26)/b12-11+/t20-/m0/s1. The number of benzene rings is 2. The third kappa shape index (κ3) is 5.57. The maximum absolute atomic E-state index is 12.2. The second-order valence-electron chi connectivity index (χ2n) is 6.56. The Labute approximate surface area is 173 Å². The van der Waals surface area contributed by atoms with Gasteiger partial charge in [-0.05, 0) is 23.3 Å². The molecule has 7 nitrogen and oxygen atoms in total. The van der Waals surface area contributed by atoms with Gasteiger partial charge in [0.1, 0.15) is 6.04 Å². The number of ether oxygens (including phenoxy) is 2. The number of fused-ring (bicyclic) bond motifs is 1. The molecule has 0 fully saturated rings. The second-order valence-corrected chi connectivity index (χ2v) is 6.56. The van der Waals surface area contributed by atoms with Gasteiger partial charge in [0.25, 0.3) is 5.91 Å². The van der Waals surface area contributed by atoms with Crippen LogP contribution >= 0.6 is 0 Å². The van der Waals surface area contributed by atoms with E-state index in [1.54, 1.807) is 12.3 Å². The minimum atomic E-state index is -0.903. The van der Waals surface area contributed by atoms with Crippen molar-refractivity contribution in [1.82, 2.24) is 10.3 Å². The maximum atomic E-state index is 12.2. The Kier molecular flexibility index (Phi) is 7.00. The number of carbonyl (C=O) groups excluding carboxylic acids is 3. The average molecular weight is 406 g/mol. The number of methoxy groups -OCH3 is 1. The van der Waals surface area contributed by atoms with E-state index in [0.717, 1.165) is 22.0 Å². The number of carbonyl (C=O) groups is 3. The molecule has 0 saturated carbocycles. The van der Waals surface area contributed by atoms with E-state index in [9.17, 15) is 14.4 Å². The van der Waals surface area contributed by atoms with Gasteiger partial charge in [0.2, 0.25) is 0 Å². The lowest BCUT2D eigenvalue weighted by Gasteiger charge is -2.16. The van der Waals surface area contributed by atoms with Gasteiger partial charge in [-0.25, -0.2) is 9.59 Å². The molecule has 2 N–H and O–H groups in total. The lowest BCUT2D eigenvalue weighted by Crippen LogP contribution is -2.44. The van der Waals surface area contributed by atoms with Crippen LogP contribution in [-0.4, -0.2) is 42.6 Å². The fourth-order valence-electron chi connectivity index (χ4n) is 3.01. The predicted octanol–water partition coefficient (Wildman–Crippen LogP) is 2.62. The third-order valence-corrected chi connectivity index (χ3v) is 4.48. The molecule has 1 aromatic heterocycles. The number of aromatic nitrogens is 1. The molecule has 1 heterocycles. The number of esters is 2. The van der Waals surface area contributed by atoms with E-state index < -0.39 is 30.5 Å². The van der Waals surface area contributed by atoms with Crippen LogP contribution in [0.15, 0.2) is 66.9 Å². The molecule has 3 aromatic rings. The molecule has 0 aliphatic carbocycles. The predicted molar refractivity (Wildman–Crippen MR) is 112 cm³/mol. The first-order chi connectivity index (χ1) is 14.6. The summed E-state index contributed by atoms with van der Waals surface area (Å²) < 4.78 is 9.75. The van der Waals surface area contributed by atoms with Crippen molar-refractivity contribution in [2.24, 2.45) is 0 Å². The Morgan fingerprint density at radius 3 is 2.57 bits per heavy atom. The van der Waals surface area contributed by atoms with Crippen LogP contribution in [0.2, 0.25) is 0 Å². The number of amides is 1. The Morgan fingerprint density at radius 1 is 1.07 bits per heavy atom. The molecule has 0 spiro atoms. The van der Waals surface area contributed by atoms with Gasteiger partial charge >= 0.3 is 11.9 Å². The highest BCUT2D eigenvalue weighted by atomic mass is 16.5. The van der Waals surface area contributed by atoms with Crippen LogP contribution in [-0.2, 0) is 30.3 Å². The topological polar surface area (TPSA) is 97.5 Å². The van der Waals surface area contributed by atoms with E-state index in [1.165, 1.54) is 13.2 Å². The Balaban J connectivity index is 1.57. The number of nitrogens with one attached hydrogen (secondary N) is 2. The van der Waals surface area contributed by atoms with Crippen molar-refractivity contribution in [2.75, 3.05) is 13.7 Å². The summed E-state index contributed by atoms with van der Waals surface area (Å²) in [4.78, 5) is 39.3. The van der Waals surface area contributed by atoms with Gasteiger partial charge in [-0.3, -0.25) is 4.79 Å². The summed E-state index contributed by atoms with van der Waals surface area (Å²) in [6.07, 6.45) is 4.87. The molecular weight excluding hydrogens is 384 g/mol. The Morgan fingerprint density at radius 2 is 1.80 bits per heavy atom. The monoisotopic (exact) mass is 406 g/mol. The zero-order valence-electron chi connectivity index (χ0n) is 16.5. The lowest BCUT2D eigenvalue weighted by molar-refractivity contribution is -0.147. The highest BCUT2D eigenvalue weighted by molar-refractivity contribution is 5.91. The average Bonchev–Trinajstić information content (AvgIpc) is 3.19. The molecule has 1 amide bonds. The molecule has 7 heteroatoms. The minimum Gasteiger partial charge on any atom is -0.467 e. The number of aromatic amines is 1. The van der Waals surface area contributed by atoms with Gasteiger partial charge in [-0.15, -0.1) is 0 Å². The SMILES string of the molecule is COC(=O)[C@H](Cc1c[nH]c2ccccc12)NC(=O)COC(=O)/C=C/c1ccccc1. The molecule has 3 rings (SSSR count). The fourth-order valence-corrected chi connectivity index (χ4v) is 3.01. The maximum Gasteiger partial charge on any atom is 0.331 e. The summed E-state index contributed by atoms with van der Waals surface area (Å²) in [6.45, 7) is -0.501. The molecule has 0 bridgehead atoms. The summed E-state index contributed by atoms with van der Waals surface area (Å²) in [6, 6.07) is 16.0. The van der Waals surface area contributed by atoms with Crippen molar-refractivity contribution in [1.29, 1.82) is 0 Å². The summed E-state index contributed by atoms with van der Waals surface area (Å²) in [5.74, 6) is -1.82. The van der Waals surface area contributed by atoms with E-state index >= 15 is 0 Å². The normalized spacial score (nSPS) is 11.9. The fraction of sp³-hybridized carbons (Fsp3) is 0.174. The minimum absolute atomic E-state index is 0.240. The van der Waals surface area contributed by atoms with Gasteiger partial charge in [0.15, 0.2) is 6.61 Å². The molecule has 154 valence electrons. The Bertz CT molecular complexity index is 1060. The van der Waals surface area contributed by atoms with Crippen LogP contribution < -0.4 is 5.32 Å². The molecule has 1 atom stereocenters. The lowest BCUT2D eigenvalue weighted by atomic mass is 10.0. The number of H-pyrrole nitrogens is 1. The van der Waals surface area contributed by atoms with Crippen LogP contribution in [0.1, 0.15) is 11.1 Å². The largest absolute Gasteiger partial charge is 0.467 e. The summed E-state index contributed by atoms with van der Waals surface area (Å²) in [7, 11) is 1.26. The first-order valence-corrected chi connectivity index (χ1v) is 9.39. The van der Waals surface area contributed by atoms with Gasteiger partial charge in [0.05, 0.1) is 7.11 Å². The number of rotatable bonds is 8. The molecule has 0 unspecified atom stereocenters. The molecular formula is C23H22N2O5. The zero-order valence-corrected chi connectivity index (χ0v) is 16.5. The van der Waals surface area contributed by atoms with Gasteiger partial charge in [0, 0.05) is 29.6 Å². The van der Waals surface area contributed by atoms with Crippen molar-refractivity contribution in [2.45, 2.75) is 12.5 Å². The van der Waals surface area contributed by atoms with Crippen LogP contribution in [0.4, 0.5) is 0 Å². The van der Waals surface area contributed by atoms with E-state index in [2.05, 4.69) is 10.3 Å². The quantitative estimate of drug-likeness (QED) is 0.443. The van der Waals surface area contributed by atoms with Crippen molar-refractivity contribution in [3.8, 4) is 0 Å². The molecule has 2 aromatic carbocycles. The third-order valence-electron chi connectivity index (χ3n) is 4.48. The van der Waals surface area contributed by atoms with Crippen molar-refractivity contribution >= 4 is 34.8 Å². The highest BCUT2D eigenvalue weighted by Gasteiger charge is 2.23. The van der Waals surface area contributed by atoms with E-state index in [1.807, 2.05) is 54.6 Å². The molecule has 0 aliphatic rings. The number of hydrogen-bond donors (Lipinski definition) is 2. The zero-order chi connectivity index (χ0) is 21.3.